The molecule has 3 amide bonds. The highest BCUT2D eigenvalue weighted by Crippen LogP contribution is 2.52. The SMILES string of the molecule is O=C(NC[C@@]12C=C[C@@H](O1)[C@H]1C(=O)N(c3ccc(Cl)cc3)C(=O)[C@@H]12)OCc1ccc(Cl)cc1Cl. The van der Waals surface area contributed by atoms with Crippen LogP contribution >= 0.6 is 34.8 Å². The van der Waals surface area contributed by atoms with Crippen molar-refractivity contribution in [2.75, 3.05) is 11.4 Å². The molecule has 3 aliphatic rings. The topological polar surface area (TPSA) is 84.9 Å². The van der Waals surface area contributed by atoms with Crippen molar-refractivity contribution in [3.8, 4) is 0 Å². The third-order valence-electron chi connectivity index (χ3n) is 6.12. The lowest BCUT2D eigenvalue weighted by Gasteiger charge is -2.28. The fourth-order valence-electron chi connectivity index (χ4n) is 4.59. The van der Waals surface area contributed by atoms with Gasteiger partial charge in [-0.2, -0.15) is 0 Å². The Hall–Kier alpha value is -2.58. The van der Waals surface area contributed by atoms with Gasteiger partial charge in [-0.15, -0.1) is 0 Å². The second kappa shape index (κ2) is 8.33. The maximum atomic E-state index is 13.3. The third kappa shape index (κ3) is 3.79. The number of hydrogen-bond donors (Lipinski definition) is 1. The average Bonchev–Trinajstić information content (AvgIpc) is 3.43. The molecule has 170 valence electrons. The van der Waals surface area contributed by atoms with Crippen LogP contribution in [0.4, 0.5) is 10.5 Å². The highest BCUT2D eigenvalue weighted by atomic mass is 35.5. The first-order chi connectivity index (χ1) is 15.8. The standard InChI is InChI=1S/C23H17Cl3N2O5/c24-13-3-5-15(6-4-13)28-20(29)18-17-7-8-23(33-17,19(18)21(28)30)11-27-22(31)32-10-12-1-2-14(25)9-16(12)26/h1-9,17-19H,10-11H2,(H,27,31)/t17-,18-,19-,23-/m1/s1. The van der Waals surface area contributed by atoms with Gasteiger partial charge >= 0.3 is 6.09 Å². The zero-order chi connectivity index (χ0) is 23.3. The van der Waals surface area contributed by atoms with E-state index in [1.807, 2.05) is 0 Å². The summed E-state index contributed by atoms with van der Waals surface area (Å²) in [7, 11) is 0. The monoisotopic (exact) mass is 506 g/mol. The summed E-state index contributed by atoms with van der Waals surface area (Å²) in [4.78, 5) is 39.9. The summed E-state index contributed by atoms with van der Waals surface area (Å²) in [5.41, 5.74) is -0.0756. The molecule has 1 N–H and O–H groups in total. The Morgan fingerprint density at radius 3 is 2.52 bits per heavy atom. The van der Waals surface area contributed by atoms with Crippen LogP contribution in [0.1, 0.15) is 5.56 Å². The molecule has 33 heavy (non-hydrogen) atoms. The summed E-state index contributed by atoms with van der Waals surface area (Å²) in [5.74, 6) is -2.10. The number of imide groups is 1. The van der Waals surface area contributed by atoms with Crippen molar-refractivity contribution in [3.05, 3.63) is 75.2 Å². The van der Waals surface area contributed by atoms with E-state index in [4.69, 9.17) is 44.3 Å². The van der Waals surface area contributed by atoms with Crippen molar-refractivity contribution in [2.24, 2.45) is 11.8 Å². The van der Waals surface area contributed by atoms with Gasteiger partial charge in [0.05, 0.1) is 30.2 Å². The number of nitrogens with one attached hydrogen (secondary N) is 1. The quantitative estimate of drug-likeness (QED) is 0.479. The molecule has 3 aliphatic heterocycles. The van der Waals surface area contributed by atoms with E-state index in [-0.39, 0.29) is 25.0 Å². The predicted molar refractivity (Wildman–Crippen MR) is 122 cm³/mol. The first kappa shape index (κ1) is 22.2. The molecule has 0 spiro atoms. The molecule has 10 heteroatoms. The molecular weight excluding hydrogens is 491 g/mol. The summed E-state index contributed by atoms with van der Waals surface area (Å²) >= 11 is 17.9. The van der Waals surface area contributed by atoms with Crippen LogP contribution in [-0.4, -0.2) is 36.2 Å². The van der Waals surface area contributed by atoms with Gasteiger partial charge in [0.2, 0.25) is 11.8 Å². The van der Waals surface area contributed by atoms with E-state index in [1.165, 1.54) is 4.90 Å². The van der Waals surface area contributed by atoms with Crippen molar-refractivity contribution >= 4 is 58.4 Å². The van der Waals surface area contributed by atoms with Crippen LogP contribution in [0, 0.1) is 11.8 Å². The van der Waals surface area contributed by atoms with Crippen molar-refractivity contribution in [1.82, 2.24) is 5.32 Å². The maximum Gasteiger partial charge on any atom is 0.407 e. The summed E-state index contributed by atoms with van der Waals surface area (Å²) in [6.45, 7) is -0.0796. The molecule has 5 rings (SSSR count). The van der Waals surface area contributed by atoms with Crippen LogP contribution in [0.25, 0.3) is 0 Å². The molecule has 2 fully saturated rings. The molecule has 2 aromatic carbocycles. The van der Waals surface area contributed by atoms with Gasteiger partial charge in [-0.05, 0) is 36.4 Å². The number of ether oxygens (including phenoxy) is 2. The zero-order valence-electron chi connectivity index (χ0n) is 17.0. The number of hydrogen-bond acceptors (Lipinski definition) is 5. The number of nitrogens with zero attached hydrogens (tertiary/aromatic N) is 1. The lowest BCUT2D eigenvalue weighted by atomic mass is 9.77. The molecular formula is C23H17Cl3N2O5. The van der Waals surface area contributed by atoms with Crippen molar-refractivity contribution in [3.63, 3.8) is 0 Å². The van der Waals surface area contributed by atoms with E-state index in [1.54, 1.807) is 54.6 Å². The average molecular weight is 508 g/mol. The van der Waals surface area contributed by atoms with E-state index in [2.05, 4.69) is 5.32 Å². The van der Waals surface area contributed by atoms with Gasteiger partial charge in [0, 0.05) is 20.6 Å². The Bertz CT molecular complexity index is 1190. The number of carbonyl (C=O) groups is 3. The number of fused-ring (bicyclic) bond motifs is 5. The number of amides is 3. The van der Waals surface area contributed by atoms with Crippen molar-refractivity contribution in [1.29, 1.82) is 0 Å². The van der Waals surface area contributed by atoms with Gasteiger partial charge in [-0.25, -0.2) is 9.69 Å². The first-order valence-electron chi connectivity index (χ1n) is 10.1. The minimum absolute atomic E-state index is 0.0260. The number of alkyl carbamates (subject to hydrolysis) is 1. The third-order valence-corrected chi connectivity index (χ3v) is 6.96. The molecule has 2 bridgehead atoms. The Kier molecular flexibility index (Phi) is 5.61. The Labute approximate surface area is 204 Å². The first-order valence-corrected chi connectivity index (χ1v) is 11.3. The second-order valence-electron chi connectivity index (χ2n) is 8.05. The van der Waals surface area contributed by atoms with Crippen molar-refractivity contribution in [2.45, 2.75) is 18.3 Å². The Balaban J connectivity index is 1.27. The van der Waals surface area contributed by atoms with E-state index < -0.39 is 29.6 Å². The number of rotatable bonds is 5. The molecule has 0 unspecified atom stereocenters. The largest absolute Gasteiger partial charge is 0.445 e. The summed E-state index contributed by atoms with van der Waals surface area (Å²) in [5, 5.41) is 4.01. The fourth-order valence-corrected chi connectivity index (χ4v) is 5.18. The molecule has 0 aliphatic carbocycles. The molecule has 3 heterocycles. The normalized spacial score (nSPS) is 27.2. The highest BCUT2D eigenvalue weighted by Gasteiger charge is 2.67. The van der Waals surface area contributed by atoms with Crippen LogP contribution in [0.5, 0.6) is 0 Å². The zero-order valence-corrected chi connectivity index (χ0v) is 19.2. The number of halogens is 3. The lowest BCUT2D eigenvalue weighted by molar-refractivity contribution is -0.126. The van der Waals surface area contributed by atoms with Gasteiger partial charge in [-0.1, -0.05) is 53.0 Å². The highest BCUT2D eigenvalue weighted by molar-refractivity contribution is 6.35. The number of anilines is 1. The fraction of sp³-hybridized carbons (Fsp3) is 0.261. The van der Waals surface area contributed by atoms with Gasteiger partial charge in [0.25, 0.3) is 0 Å². The number of carbonyl (C=O) groups excluding carboxylic acids is 3. The predicted octanol–water partition coefficient (Wildman–Crippen LogP) is 4.39. The molecule has 2 saturated heterocycles. The number of benzene rings is 2. The maximum absolute atomic E-state index is 13.3. The van der Waals surface area contributed by atoms with E-state index >= 15 is 0 Å². The lowest BCUT2D eigenvalue weighted by Crippen LogP contribution is -2.49. The second-order valence-corrected chi connectivity index (χ2v) is 9.33. The van der Waals surface area contributed by atoms with Crippen LogP contribution in [0.15, 0.2) is 54.6 Å². The smallest absolute Gasteiger partial charge is 0.407 e. The van der Waals surface area contributed by atoms with E-state index in [0.717, 1.165) is 0 Å². The van der Waals surface area contributed by atoms with Gasteiger partial charge < -0.3 is 14.8 Å². The molecule has 2 aromatic rings. The van der Waals surface area contributed by atoms with Crippen LogP contribution in [0.2, 0.25) is 15.1 Å². The minimum Gasteiger partial charge on any atom is -0.445 e. The van der Waals surface area contributed by atoms with Crippen LogP contribution < -0.4 is 10.2 Å². The molecule has 0 aromatic heterocycles. The molecule has 0 saturated carbocycles. The van der Waals surface area contributed by atoms with E-state index in [0.29, 0.717) is 26.3 Å². The Morgan fingerprint density at radius 1 is 1.06 bits per heavy atom. The van der Waals surface area contributed by atoms with Crippen LogP contribution in [0.3, 0.4) is 0 Å². The van der Waals surface area contributed by atoms with Gasteiger partial charge in [0.1, 0.15) is 12.2 Å². The van der Waals surface area contributed by atoms with Crippen molar-refractivity contribution < 1.29 is 23.9 Å². The molecule has 0 radical (unpaired) electrons. The summed E-state index contributed by atoms with van der Waals surface area (Å²) in [6.07, 6.45) is 2.27. The van der Waals surface area contributed by atoms with E-state index in [9.17, 15) is 14.4 Å². The van der Waals surface area contributed by atoms with Crippen LogP contribution in [-0.2, 0) is 25.7 Å². The summed E-state index contributed by atoms with van der Waals surface area (Å²) < 4.78 is 11.3. The van der Waals surface area contributed by atoms with Gasteiger partial charge in [0.15, 0.2) is 0 Å². The van der Waals surface area contributed by atoms with Gasteiger partial charge in [-0.3, -0.25) is 9.59 Å². The molecule has 7 nitrogen and oxygen atoms in total. The Morgan fingerprint density at radius 2 is 1.79 bits per heavy atom. The summed E-state index contributed by atoms with van der Waals surface area (Å²) in [6, 6.07) is 11.4. The minimum atomic E-state index is -1.12. The molecule has 4 atom stereocenters.